The Labute approximate surface area is 184 Å². The van der Waals surface area contributed by atoms with Gasteiger partial charge in [-0.3, -0.25) is 10.1 Å². The second-order valence-corrected chi connectivity index (χ2v) is 8.45. The maximum Gasteiger partial charge on any atom is 0.293 e. The Morgan fingerprint density at radius 3 is 2.45 bits per heavy atom. The third kappa shape index (κ3) is 5.89. The molecule has 0 aliphatic carbocycles. The highest BCUT2D eigenvalue weighted by Crippen LogP contribution is 2.28. The number of ether oxygens (including phenoxy) is 1. The third-order valence-electron chi connectivity index (χ3n) is 3.98. The number of furan rings is 1. The highest BCUT2D eigenvalue weighted by Gasteiger charge is 2.15. The molecule has 0 radical (unpaired) electrons. The number of nitrogens with zero attached hydrogens (tertiary/aromatic N) is 2. The van der Waals surface area contributed by atoms with Crippen LogP contribution in [0.25, 0.3) is 0 Å². The van der Waals surface area contributed by atoms with E-state index in [9.17, 15) is 13.6 Å². The second-order valence-electron chi connectivity index (χ2n) is 6.25. The fourth-order valence-corrected chi connectivity index (χ4v) is 4.17. The summed E-state index contributed by atoms with van der Waals surface area (Å²) in [7, 11) is 0. The molecule has 4 rings (SSSR count). The minimum atomic E-state index is -0.459. The Kier molecular flexibility index (Phi) is 6.58. The predicted molar refractivity (Wildman–Crippen MR) is 113 cm³/mol. The Morgan fingerprint density at radius 1 is 1.00 bits per heavy atom. The molecule has 0 fully saturated rings. The molecule has 2 aromatic carbocycles. The number of anilines is 1. The van der Waals surface area contributed by atoms with E-state index in [-0.39, 0.29) is 24.0 Å². The molecular weight excluding hydrogens is 444 g/mol. The Hall–Kier alpha value is -3.24. The van der Waals surface area contributed by atoms with Gasteiger partial charge in [-0.25, -0.2) is 8.78 Å². The van der Waals surface area contributed by atoms with Gasteiger partial charge in [-0.05, 0) is 54.1 Å². The first-order valence-corrected chi connectivity index (χ1v) is 10.8. The molecule has 1 N–H and O–H groups in total. The van der Waals surface area contributed by atoms with Gasteiger partial charge in [-0.2, -0.15) is 0 Å². The summed E-state index contributed by atoms with van der Waals surface area (Å²) in [6, 6.07) is 15.0. The van der Waals surface area contributed by atoms with Crippen LogP contribution in [0.15, 0.2) is 69.4 Å². The molecule has 0 saturated carbocycles. The van der Waals surface area contributed by atoms with Crippen molar-refractivity contribution < 1.29 is 22.7 Å². The van der Waals surface area contributed by atoms with Crippen molar-refractivity contribution in [1.29, 1.82) is 0 Å². The van der Waals surface area contributed by atoms with Crippen molar-refractivity contribution in [1.82, 2.24) is 10.2 Å². The van der Waals surface area contributed by atoms with Crippen molar-refractivity contribution in [2.45, 2.75) is 16.7 Å². The predicted octanol–water partition coefficient (Wildman–Crippen LogP) is 5.53. The zero-order valence-corrected chi connectivity index (χ0v) is 17.5. The van der Waals surface area contributed by atoms with Crippen molar-refractivity contribution in [3.63, 3.8) is 0 Å². The van der Waals surface area contributed by atoms with Gasteiger partial charge in [0, 0.05) is 5.75 Å². The monoisotopic (exact) mass is 459 g/mol. The van der Waals surface area contributed by atoms with Gasteiger partial charge in [0.1, 0.15) is 29.8 Å². The fraction of sp³-hybridized carbons (Fsp3) is 0.0952. The third-order valence-corrected chi connectivity index (χ3v) is 6.03. The van der Waals surface area contributed by atoms with Gasteiger partial charge in [-0.15, -0.1) is 10.2 Å². The quantitative estimate of drug-likeness (QED) is 0.276. The maximum atomic E-state index is 13.0. The maximum absolute atomic E-state index is 13.0. The molecule has 0 aliphatic heterocycles. The number of carbonyl (C=O) groups is 1. The molecule has 31 heavy (non-hydrogen) atoms. The first-order valence-electron chi connectivity index (χ1n) is 9.04. The first-order chi connectivity index (χ1) is 15.0. The van der Waals surface area contributed by atoms with E-state index >= 15 is 0 Å². The number of amides is 1. The average molecular weight is 459 g/mol. The Morgan fingerprint density at radius 2 is 1.71 bits per heavy atom. The molecule has 0 bridgehead atoms. The number of thioether (sulfide) groups is 1. The Bertz CT molecular complexity index is 1160. The number of rotatable bonds is 8. The van der Waals surface area contributed by atoms with Crippen molar-refractivity contribution >= 4 is 34.1 Å². The first kappa shape index (κ1) is 21.0. The summed E-state index contributed by atoms with van der Waals surface area (Å²) in [4.78, 5) is 12.4. The molecule has 10 heteroatoms. The number of benzene rings is 2. The van der Waals surface area contributed by atoms with Crippen LogP contribution in [0, 0.1) is 11.6 Å². The number of carbonyl (C=O) groups excluding carboxylic acids is 1. The lowest BCUT2D eigenvalue weighted by Crippen LogP contribution is -2.10. The molecule has 0 saturated heterocycles. The van der Waals surface area contributed by atoms with Gasteiger partial charge in [0.25, 0.3) is 5.91 Å². The normalized spacial score (nSPS) is 10.8. The lowest BCUT2D eigenvalue weighted by molar-refractivity contribution is 0.0992. The van der Waals surface area contributed by atoms with Crippen LogP contribution in [0.3, 0.4) is 0 Å². The SMILES string of the molecule is O=C(Nc1nnc(SCc2ccc(F)cc2)s1)c1ccc(COc2ccc(F)cc2)o1. The molecule has 0 aliphatic rings. The molecule has 158 valence electrons. The van der Waals surface area contributed by atoms with E-state index in [1.165, 1.54) is 65.6 Å². The van der Waals surface area contributed by atoms with E-state index in [0.29, 0.717) is 26.7 Å². The standard InChI is InChI=1S/C21H15F2N3O3S2/c22-14-3-1-13(2-4-14)12-30-21-26-25-20(31-21)24-19(27)18-10-9-17(29-18)11-28-16-7-5-15(23)6-8-16/h1-10H,11-12H2,(H,24,25,27). The second kappa shape index (κ2) is 9.71. The van der Waals surface area contributed by atoms with Crippen molar-refractivity contribution in [3.05, 3.63) is 89.4 Å². The van der Waals surface area contributed by atoms with Crippen molar-refractivity contribution in [2.75, 3.05) is 5.32 Å². The van der Waals surface area contributed by atoms with Crippen LogP contribution >= 0.6 is 23.1 Å². The van der Waals surface area contributed by atoms with E-state index in [4.69, 9.17) is 9.15 Å². The topological polar surface area (TPSA) is 77.2 Å². The van der Waals surface area contributed by atoms with E-state index in [1.54, 1.807) is 18.2 Å². The summed E-state index contributed by atoms with van der Waals surface area (Å²) in [6.45, 7) is 0.0991. The van der Waals surface area contributed by atoms with Gasteiger partial charge in [0.05, 0.1) is 0 Å². The summed E-state index contributed by atoms with van der Waals surface area (Å²) in [5.74, 6) is 0.562. The summed E-state index contributed by atoms with van der Waals surface area (Å²) < 4.78 is 37.5. The smallest absolute Gasteiger partial charge is 0.293 e. The molecule has 0 spiro atoms. The van der Waals surface area contributed by atoms with Crippen LogP contribution in [-0.4, -0.2) is 16.1 Å². The fourth-order valence-electron chi connectivity index (χ4n) is 2.47. The molecule has 4 aromatic rings. The number of hydrogen-bond donors (Lipinski definition) is 1. The molecule has 0 unspecified atom stereocenters. The summed E-state index contributed by atoms with van der Waals surface area (Å²) in [6.07, 6.45) is 0. The van der Waals surface area contributed by atoms with Gasteiger partial charge in [0.15, 0.2) is 10.1 Å². The van der Waals surface area contributed by atoms with Gasteiger partial charge < -0.3 is 9.15 Å². The van der Waals surface area contributed by atoms with Crippen molar-refractivity contribution in [2.24, 2.45) is 0 Å². The molecule has 1 amide bonds. The minimum absolute atomic E-state index is 0.0991. The summed E-state index contributed by atoms with van der Waals surface area (Å²) >= 11 is 2.67. The van der Waals surface area contributed by atoms with Crippen molar-refractivity contribution in [3.8, 4) is 5.75 Å². The average Bonchev–Trinajstić information content (AvgIpc) is 3.43. The van der Waals surface area contributed by atoms with Crippen LogP contribution < -0.4 is 10.1 Å². The molecule has 6 nitrogen and oxygen atoms in total. The zero-order valence-electron chi connectivity index (χ0n) is 15.9. The van der Waals surface area contributed by atoms with Crippen LogP contribution in [0.5, 0.6) is 5.75 Å². The van der Waals surface area contributed by atoms with E-state index < -0.39 is 5.91 Å². The zero-order chi connectivity index (χ0) is 21.6. The number of halogens is 2. The number of aromatic nitrogens is 2. The van der Waals surface area contributed by atoms with Gasteiger partial charge in [0.2, 0.25) is 5.13 Å². The number of nitrogens with one attached hydrogen (secondary N) is 1. The highest BCUT2D eigenvalue weighted by molar-refractivity contribution is 8.00. The molecular formula is C21H15F2N3O3S2. The number of hydrogen-bond acceptors (Lipinski definition) is 7. The van der Waals surface area contributed by atoms with Gasteiger partial charge in [-0.1, -0.05) is 35.2 Å². The Balaban J connectivity index is 1.28. The highest BCUT2D eigenvalue weighted by atomic mass is 32.2. The minimum Gasteiger partial charge on any atom is -0.486 e. The molecule has 2 aromatic heterocycles. The van der Waals surface area contributed by atoms with Crippen LogP contribution in [-0.2, 0) is 12.4 Å². The van der Waals surface area contributed by atoms with E-state index in [1.807, 2.05) is 0 Å². The van der Waals surface area contributed by atoms with E-state index in [2.05, 4.69) is 15.5 Å². The van der Waals surface area contributed by atoms with Crippen LogP contribution in [0.4, 0.5) is 13.9 Å². The lowest BCUT2D eigenvalue weighted by Gasteiger charge is -2.03. The van der Waals surface area contributed by atoms with Crippen LogP contribution in [0.1, 0.15) is 21.9 Å². The van der Waals surface area contributed by atoms with E-state index in [0.717, 1.165) is 5.56 Å². The summed E-state index contributed by atoms with van der Waals surface area (Å²) in [5, 5.41) is 11.0. The largest absolute Gasteiger partial charge is 0.486 e. The summed E-state index contributed by atoms with van der Waals surface area (Å²) in [5.41, 5.74) is 0.957. The van der Waals surface area contributed by atoms with Crippen LogP contribution in [0.2, 0.25) is 0 Å². The van der Waals surface area contributed by atoms with Gasteiger partial charge >= 0.3 is 0 Å². The molecule has 0 atom stereocenters. The lowest BCUT2D eigenvalue weighted by atomic mass is 10.2. The molecule has 2 heterocycles.